The summed E-state index contributed by atoms with van der Waals surface area (Å²) in [4.78, 5) is 13.7. The second kappa shape index (κ2) is 7.22. The Morgan fingerprint density at radius 3 is 2.04 bits per heavy atom. The summed E-state index contributed by atoms with van der Waals surface area (Å²) in [5.74, 6) is 0.0463. The predicted molar refractivity (Wildman–Crippen MR) is 101 cm³/mol. The molecule has 0 aliphatic carbocycles. The Morgan fingerprint density at radius 1 is 0.913 bits per heavy atom. The maximum absolute atomic E-state index is 12.6. The highest BCUT2D eigenvalue weighted by Gasteiger charge is 2.17. The van der Waals surface area contributed by atoms with Gasteiger partial charge in [-0.2, -0.15) is 0 Å². The van der Waals surface area contributed by atoms with Gasteiger partial charge in [-0.25, -0.2) is 0 Å². The molecule has 0 aliphatic heterocycles. The van der Waals surface area contributed by atoms with E-state index in [1.165, 1.54) is 16.7 Å². The molecule has 2 rings (SSSR count). The van der Waals surface area contributed by atoms with Crippen LogP contribution in [0, 0.1) is 34.6 Å². The SMILES string of the molecule is Cc1ccc(S[C@@H](C)C(=O)Nc2c(C)cc(C)cc2C)c(C)c1. The van der Waals surface area contributed by atoms with Crippen LogP contribution in [0.1, 0.15) is 34.7 Å². The van der Waals surface area contributed by atoms with Gasteiger partial charge in [0.25, 0.3) is 0 Å². The van der Waals surface area contributed by atoms with Crippen molar-refractivity contribution in [2.24, 2.45) is 0 Å². The van der Waals surface area contributed by atoms with Gasteiger partial charge in [-0.15, -0.1) is 11.8 Å². The van der Waals surface area contributed by atoms with Crippen molar-refractivity contribution in [1.29, 1.82) is 0 Å². The van der Waals surface area contributed by atoms with Crippen molar-refractivity contribution < 1.29 is 4.79 Å². The molecule has 0 radical (unpaired) electrons. The van der Waals surface area contributed by atoms with Crippen molar-refractivity contribution in [3.05, 3.63) is 58.1 Å². The summed E-state index contributed by atoms with van der Waals surface area (Å²) in [7, 11) is 0. The molecule has 2 aromatic carbocycles. The van der Waals surface area contributed by atoms with Gasteiger partial charge in [-0.1, -0.05) is 35.4 Å². The molecular weight excluding hydrogens is 302 g/mol. The molecule has 1 atom stereocenters. The second-order valence-corrected chi connectivity index (χ2v) is 7.67. The normalized spacial score (nSPS) is 12.1. The van der Waals surface area contributed by atoms with E-state index in [4.69, 9.17) is 0 Å². The molecule has 0 unspecified atom stereocenters. The first-order valence-corrected chi connectivity index (χ1v) is 8.78. The van der Waals surface area contributed by atoms with Crippen LogP contribution < -0.4 is 5.32 Å². The lowest BCUT2D eigenvalue weighted by atomic mass is 10.1. The fraction of sp³-hybridized carbons (Fsp3) is 0.350. The van der Waals surface area contributed by atoms with Gasteiger partial charge in [0.15, 0.2) is 0 Å². The van der Waals surface area contributed by atoms with Crippen LogP contribution >= 0.6 is 11.8 Å². The number of nitrogens with one attached hydrogen (secondary N) is 1. The van der Waals surface area contributed by atoms with Gasteiger partial charge < -0.3 is 5.32 Å². The fourth-order valence-electron chi connectivity index (χ4n) is 2.78. The Kier molecular flexibility index (Phi) is 5.53. The van der Waals surface area contributed by atoms with Gasteiger partial charge in [0.05, 0.1) is 5.25 Å². The molecule has 0 fully saturated rings. The third-order valence-electron chi connectivity index (χ3n) is 3.93. The van der Waals surface area contributed by atoms with Crippen molar-refractivity contribution >= 4 is 23.4 Å². The third-order valence-corrected chi connectivity index (χ3v) is 5.21. The maximum Gasteiger partial charge on any atom is 0.237 e. The Balaban J connectivity index is 2.11. The van der Waals surface area contributed by atoms with Gasteiger partial charge >= 0.3 is 0 Å². The highest BCUT2D eigenvalue weighted by molar-refractivity contribution is 8.00. The number of anilines is 1. The number of aryl methyl sites for hydroxylation is 5. The highest BCUT2D eigenvalue weighted by atomic mass is 32.2. The average molecular weight is 327 g/mol. The van der Waals surface area contributed by atoms with Crippen LogP contribution in [0.15, 0.2) is 35.2 Å². The molecule has 0 spiro atoms. The number of hydrogen-bond donors (Lipinski definition) is 1. The van der Waals surface area contributed by atoms with E-state index in [0.29, 0.717) is 0 Å². The first kappa shape index (κ1) is 17.6. The summed E-state index contributed by atoms with van der Waals surface area (Å²) in [5.41, 5.74) is 6.84. The van der Waals surface area contributed by atoms with Crippen LogP contribution in [-0.4, -0.2) is 11.2 Å². The Hall–Kier alpha value is -1.74. The Morgan fingerprint density at radius 2 is 1.48 bits per heavy atom. The van der Waals surface area contributed by atoms with E-state index in [-0.39, 0.29) is 11.2 Å². The molecule has 0 aromatic heterocycles. The quantitative estimate of drug-likeness (QED) is 0.767. The summed E-state index contributed by atoms with van der Waals surface area (Å²) >= 11 is 1.61. The second-order valence-electron chi connectivity index (χ2n) is 6.29. The standard InChI is InChI=1S/C20H25NOS/c1-12-7-8-18(14(3)9-12)23-17(6)20(22)21-19-15(4)10-13(2)11-16(19)5/h7-11,17H,1-6H3,(H,21,22)/t17-/m0/s1. The van der Waals surface area contributed by atoms with Crippen molar-refractivity contribution in [2.75, 3.05) is 5.32 Å². The van der Waals surface area contributed by atoms with E-state index in [0.717, 1.165) is 21.7 Å². The maximum atomic E-state index is 12.6. The van der Waals surface area contributed by atoms with E-state index < -0.39 is 0 Å². The lowest BCUT2D eigenvalue weighted by molar-refractivity contribution is -0.115. The molecule has 3 heteroatoms. The van der Waals surface area contributed by atoms with Crippen LogP contribution in [0.5, 0.6) is 0 Å². The monoisotopic (exact) mass is 327 g/mol. The number of hydrogen-bond acceptors (Lipinski definition) is 2. The van der Waals surface area contributed by atoms with Crippen LogP contribution in [0.25, 0.3) is 0 Å². The zero-order valence-corrected chi connectivity index (χ0v) is 15.6. The Labute approximate surface area is 143 Å². The van der Waals surface area contributed by atoms with E-state index in [2.05, 4.69) is 56.4 Å². The van der Waals surface area contributed by atoms with Gasteiger partial charge in [0.1, 0.15) is 0 Å². The molecule has 0 heterocycles. The highest BCUT2D eigenvalue weighted by Crippen LogP contribution is 2.29. The molecule has 0 aliphatic rings. The lowest BCUT2D eigenvalue weighted by Crippen LogP contribution is -2.23. The number of carbonyl (C=O) groups is 1. The lowest BCUT2D eigenvalue weighted by Gasteiger charge is -2.17. The summed E-state index contributed by atoms with van der Waals surface area (Å²) in [6.07, 6.45) is 0. The number of thioether (sulfide) groups is 1. The number of rotatable bonds is 4. The molecule has 122 valence electrons. The van der Waals surface area contributed by atoms with Crippen molar-refractivity contribution in [3.63, 3.8) is 0 Å². The predicted octanol–water partition coefficient (Wildman–Crippen LogP) is 5.35. The molecule has 2 nitrogen and oxygen atoms in total. The van der Waals surface area contributed by atoms with Crippen molar-refractivity contribution in [1.82, 2.24) is 0 Å². The molecule has 0 saturated carbocycles. The van der Waals surface area contributed by atoms with Gasteiger partial charge in [-0.05, 0) is 64.3 Å². The molecular formula is C20H25NOS. The first-order valence-electron chi connectivity index (χ1n) is 7.90. The van der Waals surface area contributed by atoms with Gasteiger partial charge in [-0.3, -0.25) is 4.79 Å². The van der Waals surface area contributed by atoms with E-state index in [9.17, 15) is 4.79 Å². The zero-order valence-electron chi connectivity index (χ0n) is 14.8. The smallest absolute Gasteiger partial charge is 0.237 e. The Bertz CT molecular complexity index is 713. The molecule has 0 saturated heterocycles. The van der Waals surface area contributed by atoms with E-state index in [1.54, 1.807) is 11.8 Å². The number of benzene rings is 2. The van der Waals surface area contributed by atoms with Gasteiger partial charge in [0, 0.05) is 10.6 Å². The third kappa shape index (κ3) is 4.38. The molecule has 2 aromatic rings. The molecule has 23 heavy (non-hydrogen) atoms. The molecule has 1 N–H and O–H groups in total. The minimum Gasteiger partial charge on any atom is -0.325 e. The fourth-order valence-corrected chi connectivity index (χ4v) is 3.72. The van der Waals surface area contributed by atoms with Crippen LogP contribution in [-0.2, 0) is 4.79 Å². The van der Waals surface area contributed by atoms with Crippen LogP contribution in [0.3, 0.4) is 0 Å². The summed E-state index contributed by atoms with van der Waals surface area (Å²) in [6.45, 7) is 12.3. The summed E-state index contributed by atoms with van der Waals surface area (Å²) in [5, 5.41) is 2.95. The van der Waals surface area contributed by atoms with Gasteiger partial charge in [0.2, 0.25) is 5.91 Å². The van der Waals surface area contributed by atoms with Crippen molar-refractivity contribution in [2.45, 2.75) is 51.7 Å². The minimum absolute atomic E-state index is 0.0463. The zero-order chi connectivity index (χ0) is 17.1. The van der Waals surface area contributed by atoms with E-state index >= 15 is 0 Å². The number of carbonyl (C=O) groups excluding carboxylic acids is 1. The minimum atomic E-state index is -0.142. The first-order chi connectivity index (χ1) is 10.8. The number of amides is 1. The van der Waals surface area contributed by atoms with Crippen LogP contribution in [0.4, 0.5) is 5.69 Å². The average Bonchev–Trinajstić information content (AvgIpc) is 2.45. The molecule has 1 amide bonds. The largest absolute Gasteiger partial charge is 0.325 e. The van der Waals surface area contributed by atoms with Crippen molar-refractivity contribution in [3.8, 4) is 0 Å². The summed E-state index contributed by atoms with van der Waals surface area (Å²) < 4.78 is 0. The molecule has 0 bridgehead atoms. The van der Waals surface area contributed by atoms with E-state index in [1.807, 2.05) is 20.8 Å². The topological polar surface area (TPSA) is 29.1 Å². The van der Waals surface area contributed by atoms with Crippen LogP contribution in [0.2, 0.25) is 0 Å². The summed E-state index contributed by atoms with van der Waals surface area (Å²) in [6, 6.07) is 10.5.